The van der Waals surface area contributed by atoms with E-state index in [1.165, 1.54) is 0 Å². The first kappa shape index (κ1) is 17.7. The molecule has 2 rings (SSSR count). The quantitative estimate of drug-likeness (QED) is 0.678. The standard InChI is InChI=1S/C17H22N4O3/c1-23-11-10-18-16(22)15-7-9-20-17(21-15)19-8-6-13-4-3-5-14(12-13)24-2/h3-5,7,9,12H,6,8,10-11H2,1-2H3,(H,18,22)(H,19,20,21). The number of aromatic nitrogens is 2. The number of nitrogens with zero attached hydrogens (tertiary/aromatic N) is 2. The molecule has 0 aliphatic rings. The molecule has 128 valence electrons. The zero-order valence-electron chi connectivity index (χ0n) is 13.9. The van der Waals surface area contributed by atoms with Gasteiger partial charge < -0.3 is 20.1 Å². The van der Waals surface area contributed by atoms with Gasteiger partial charge in [0.2, 0.25) is 5.95 Å². The Hall–Kier alpha value is -2.67. The van der Waals surface area contributed by atoms with Gasteiger partial charge in [0, 0.05) is 26.4 Å². The van der Waals surface area contributed by atoms with Crippen LogP contribution in [0.1, 0.15) is 16.1 Å². The number of ether oxygens (including phenoxy) is 2. The first-order valence-electron chi connectivity index (χ1n) is 7.70. The lowest BCUT2D eigenvalue weighted by Crippen LogP contribution is -2.28. The van der Waals surface area contributed by atoms with Crippen molar-refractivity contribution in [3.8, 4) is 5.75 Å². The molecule has 1 heterocycles. The molecule has 1 aromatic carbocycles. The highest BCUT2D eigenvalue weighted by Gasteiger charge is 2.08. The highest BCUT2D eigenvalue weighted by atomic mass is 16.5. The zero-order chi connectivity index (χ0) is 17.2. The molecular weight excluding hydrogens is 308 g/mol. The van der Waals surface area contributed by atoms with E-state index in [0.29, 0.717) is 31.3 Å². The molecule has 2 aromatic rings. The van der Waals surface area contributed by atoms with Crippen LogP contribution in [0.25, 0.3) is 0 Å². The largest absolute Gasteiger partial charge is 0.497 e. The van der Waals surface area contributed by atoms with Crippen LogP contribution in [0, 0.1) is 0 Å². The van der Waals surface area contributed by atoms with Gasteiger partial charge in [-0.15, -0.1) is 0 Å². The minimum atomic E-state index is -0.245. The Morgan fingerprint density at radius 3 is 2.88 bits per heavy atom. The first-order chi connectivity index (χ1) is 11.7. The van der Waals surface area contributed by atoms with E-state index < -0.39 is 0 Å². The highest BCUT2D eigenvalue weighted by Crippen LogP contribution is 2.13. The molecule has 0 saturated heterocycles. The molecule has 1 amide bonds. The van der Waals surface area contributed by atoms with Crippen LogP contribution in [-0.4, -0.2) is 49.8 Å². The van der Waals surface area contributed by atoms with Gasteiger partial charge in [-0.3, -0.25) is 4.79 Å². The van der Waals surface area contributed by atoms with E-state index in [1.807, 2.05) is 24.3 Å². The van der Waals surface area contributed by atoms with Crippen molar-refractivity contribution < 1.29 is 14.3 Å². The summed E-state index contributed by atoms with van der Waals surface area (Å²) in [5, 5.41) is 5.85. The lowest BCUT2D eigenvalue weighted by atomic mass is 10.1. The fourth-order valence-corrected chi connectivity index (χ4v) is 2.07. The molecule has 0 aliphatic carbocycles. The summed E-state index contributed by atoms with van der Waals surface area (Å²) < 4.78 is 10.1. The van der Waals surface area contributed by atoms with Crippen molar-refractivity contribution in [2.75, 3.05) is 39.2 Å². The summed E-state index contributed by atoms with van der Waals surface area (Å²) in [5.41, 5.74) is 1.47. The van der Waals surface area contributed by atoms with Crippen LogP contribution in [0.3, 0.4) is 0 Å². The van der Waals surface area contributed by atoms with Gasteiger partial charge in [0.1, 0.15) is 11.4 Å². The second kappa shape index (κ2) is 9.46. The van der Waals surface area contributed by atoms with Crippen molar-refractivity contribution >= 4 is 11.9 Å². The third-order valence-electron chi connectivity index (χ3n) is 3.31. The van der Waals surface area contributed by atoms with Crippen molar-refractivity contribution in [3.05, 3.63) is 47.8 Å². The maximum Gasteiger partial charge on any atom is 0.270 e. The summed E-state index contributed by atoms with van der Waals surface area (Å²) in [7, 11) is 3.23. The van der Waals surface area contributed by atoms with Crippen molar-refractivity contribution in [2.45, 2.75) is 6.42 Å². The second-order valence-electron chi connectivity index (χ2n) is 5.04. The molecule has 2 N–H and O–H groups in total. The Balaban J connectivity index is 1.86. The molecule has 0 fully saturated rings. The predicted octanol–water partition coefficient (Wildman–Crippen LogP) is 1.52. The van der Waals surface area contributed by atoms with E-state index >= 15 is 0 Å². The number of hydrogen-bond donors (Lipinski definition) is 2. The Kier molecular flexibility index (Phi) is 6.97. The van der Waals surface area contributed by atoms with Gasteiger partial charge in [-0.25, -0.2) is 9.97 Å². The summed E-state index contributed by atoms with van der Waals surface area (Å²) in [4.78, 5) is 20.3. The molecule has 1 aromatic heterocycles. The fourth-order valence-electron chi connectivity index (χ4n) is 2.07. The number of hydrogen-bond acceptors (Lipinski definition) is 6. The Bertz CT molecular complexity index is 664. The number of carbonyl (C=O) groups is 1. The van der Waals surface area contributed by atoms with Gasteiger partial charge in [-0.05, 0) is 30.2 Å². The van der Waals surface area contributed by atoms with Crippen molar-refractivity contribution in [3.63, 3.8) is 0 Å². The Morgan fingerprint density at radius 2 is 2.08 bits per heavy atom. The van der Waals surface area contributed by atoms with Gasteiger partial charge in [-0.1, -0.05) is 12.1 Å². The van der Waals surface area contributed by atoms with Gasteiger partial charge in [0.25, 0.3) is 5.91 Å². The number of rotatable bonds is 9. The van der Waals surface area contributed by atoms with Gasteiger partial charge in [0.05, 0.1) is 13.7 Å². The summed E-state index contributed by atoms with van der Waals surface area (Å²) in [6, 6.07) is 9.46. The smallest absolute Gasteiger partial charge is 0.270 e. The zero-order valence-corrected chi connectivity index (χ0v) is 13.9. The van der Waals surface area contributed by atoms with Crippen LogP contribution < -0.4 is 15.4 Å². The molecule has 0 aliphatic heterocycles. The van der Waals surface area contributed by atoms with Crippen LogP contribution in [0.5, 0.6) is 5.75 Å². The predicted molar refractivity (Wildman–Crippen MR) is 91.4 cm³/mol. The number of benzene rings is 1. The number of methoxy groups -OCH3 is 2. The van der Waals surface area contributed by atoms with Crippen LogP contribution in [0.4, 0.5) is 5.95 Å². The topological polar surface area (TPSA) is 85.4 Å². The third-order valence-corrected chi connectivity index (χ3v) is 3.31. The molecule has 0 unspecified atom stereocenters. The van der Waals surface area contributed by atoms with E-state index in [4.69, 9.17) is 9.47 Å². The van der Waals surface area contributed by atoms with Crippen LogP contribution in [-0.2, 0) is 11.2 Å². The SMILES string of the molecule is COCCNC(=O)c1ccnc(NCCc2cccc(OC)c2)n1. The van der Waals surface area contributed by atoms with E-state index in [0.717, 1.165) is 17.7 Å². The fraction of sp³-hybridized carbons (Fsp3) is 0.353. The van der Waals surface area contributed by atoms with E-state index in [9.17, 15) is 4.79 Å². The van der Waals surface area contributed by atoms with Gasteiger partial charge in [-0.2, -0.15) is 0 Å². The minimum Gasteiger partial charge on any atom is -0.497 e. The van der Waals surface area contributed by atoms with Crippen LogP contribution >= 0.6 is 0 Å². The molecule has 24 heavy (non-hydrogen) atoms. The highest BCUT2D eigenvalue weighted by molar-refractivity contribution is 5.92. The Morgan fingerprint density at radius 1 is 1.21 bits per heavy atom. The monoisotopic (exact) mass is 330 g/mol. The minimum absolute atomic E-state index is 0.245. The number of carbonyl (C=O) groups excluding carboxylic acids is 1. The summed E-state index contributed by atoms with van der Waals surface area (Å²) in [5.74, 6) is 1.01. The molecule has 0 spiro atoms. The van der Waals surface area contributed by atoms with E-state index in [1.54, 1.807) is 26.5 Å². The number of anilines is 1. The van der Waals surface area contributed by atoms with Crippen LogP contribution in [0.2, 0.25) is 0 Å². The molecule has 0 atom stereocenters. The number of amides is 1. The van der Waals surface area contributed by atoms with Crippen molar-refractivity contribution in [1.29, 1.82) is 0 Å². The molecule has 0 bridgehead atoms. The van der Waals surface area contributed by atoms with E-state index in [2.05, 4.69) is 20.6 Å². The average molecular weight is 330 g/mol. The van der Waals surface area contributed by atoms with Crippen molar-refractivity contribution in [1.82, 2.24) is 15.3 Å². The number of nitrogens with one attached hydrogen (secondary N) is 2. The summed E-state index contributed by atoms with van der Waals surface area (Å²) >= 11 is 0. The lowest BCUT2D eigenvalue weighted by Gasteiger charge is -2.08. The van der Waals surface area contributed by atoms with Crippen molar-refractivity contribution in [2.24, 2.45) is 0 Å². The molecule has 7 heteroatoms. The maximum atomic E-state index is 11.9. The summed E-state index contributed by atoms with van der Waals surface area (Å²) in [6.45, 7) is 1.56. The molecule has 7 nitrogen and oxygen atoms in total. The normalized spacial score (nSPS) is 10.2. The van der Waals surface area contributed by atoms with Crippen LogP contribution in [0.15, 0.2) is 36.5 Å². The molecule has 0 saturated carbocycles. The van der Waals surface area contributed by atoms with E-state index in [-0.39, 0.29) is 5.91 Å². The Labute approximate surface area is 141 Å². The summed E-state index contributed by atoms with van der Waals surface area (Å²) in [6.07, 6.45) is 2.36. The third kappa shape index (κ3) is 5.51. The molecular formula is C17H22N4O3. The average Bonchev–Trinajstić information content (AvgIpc) is 2.62. The first-order valence-corrected chi connectivity index (χ1v) is 7.70. The lowest BCUT2D eigenvalue weighted by molar-refractivity contribution is 0.0932. The maximum absolute atomic E-state index is 11.9. The van der Waals surface area contributed by atoms with Gasteiger partial charge >= 0.3 is 0 Å². The molecule has 0 radical (unpaired) electrons. The second-order valence-corrected chi connectivity index (χ2v) is 5.04. The van der Waals surface area contributed by atoms with Gasteiger partial charge in [0.15, 0.2) is 0 Å².